The van der Waals surface area contributed by atoms with Gasteiger partial charge in [0.15, 0.2) is 0 Å². The summed E-state index contributed by atoms with van der Waals surface area (Å²) >= 11 is 0. The van der Waals surface area contributed by atoms with Crippen LogP contribution in [-0.2, 0) is 14.2 Å². The van der Waals surface area contributed by atoms with Crippen LogP contribution in [0.4, 0.5) is 0 Å². The Kier molecular flexibility index (Phi) is 4.35. The standard InChI is InChI=1S/C18H32O4/c1-6-12-9-18(10-21-18)16(15(20-5)14(12)19)17(4)13(22-17)8-7-11(2)3/h11-16,19H,6-10H2,1-5H3/t12-,13-,14-,15-,16-,17?,18+/m1/s1. The van der Waals surface area contributed by atoms with Gasteiger partial charge in [0.2, 0.25) is 0 Å². The fraction of sp³-hybridized carbons (Fsp3) is 1.00. The molecule has 2 aliphatic heterocycles. The summed E-state index contributed by atoms with van der Waals surface area (Å²) in [6.45, 7) is 9.62. The van der Waals surface area contributed by atoms with Gasteiger partial charge in [-0.1, -0.05) is 27.2 Å². The molecule has 3 fully saturated rings. The number of rotatable bonds is 6. The van der Waals surface area contributed by atoms with Crippen LogP contribution in [0.5, 0.6) is 0 Å². The minimum Gasteiger partial charge on any atom is -0.390 e. The first kappa shape index (κ1) is 16.7. The van der Waals surface area contributed by atoms with Gasteiger partial charge in [-0.2, -0.15) is 0 Å². The van der Waals surface area contributed by atoms with Crippen molar-refractivity contribution in [3.05, 3.63) is 0 Å². The molecule has 0 radical (unpaired) electrons. The van der Waals surface area contributed by atoms with Gasteiger partial charge in [0.05, 0.1) is 30.8 Å². The van der Waals surface area contributed by atoms with Gasteiger partial charge in [0.25, 0.3) is 0 Å². The number of hydrogen-bond acceptors (Lipinski definition) is 4. The third-order valence-electron chi connectivity index (χ3n) is 6.24. The van der Waals surface area contributed by atoms with E-state index in [-0.39, 0.29) is 35.2 Å². The Labute approximate surface area is 134 Å². The van der Waals surface area contributed by atoms with E-state index in [9.17, 15) is 5.11 Å². The molecule has 0 aromatic rings. The predicted octanol–water partition coefficient (Wildman–Crippen LogP) is 2.77. The molecule has 0 aromatic carbocycles. The number of epoxide rings is 2. The summed E-state index contributed by atoms with van der Waals surface area (Å²) in [5.41, 5.74) is -0.326. The van der Waals surface area contributed by atoms with Gasteiger partial charge in [-0.3, -0.25) is 0 Å². The van der Waals surface area contributed by atoms with Crippen LogP contribution in [0.25, 0.3) is 0 Å². The molecular formula is C18H32O4. The predicted molar refractivity (Wildman–Crippen MR) is 84.7 cm³/mol. The monoisotopic (exact) mass is 312 g/mol. The maximum atomic E-state index is 10.7. The number of aliphatic hydroxyl groups excluding tert-OH is 1. The van der Waals surface area contributed by atoms with E-state index in [1.807, 2.05) is 0 Å². The van der Waals surface area contributed by atoms with Crippen molar-refractivity contribution in [3.8, 4) is 0 Å². The zero-order valence-electron chi connectivity index (χ0n) is 14.7. The van der Waals surface area contributed by atoms with Gasteiger partial charge >= 0.3 is 0 Å². The van der Waals surface area contributed by atoms with Gasteiger partial charge in [-0.15, -0.1) is 0 Å². The molecule has 3 aliphatic rings. The van der Waals surface area contributed by atoms with Crippen LogP contribution < -0.4 is 0 Å². The lowest BCUT2D eigenvalue weighted by Gasteiger charge is -2.45. The van der Waals surface area contributed by atoms with Gasteiger partial charge in [-0.05, 0) is 38.0 Å². The summed E-state index contributed by atoms with van der Waals surface area (Å²) in [6, 6.07) is 0. The van der Waals surface area contributed by atoms with Crippen molar-refractivity contribution in [1.29, 1.82) is 0 Å². The highest BCUT2D eigenvalue weighted by atomic mass is 16.6. The van der Waals surface area contributed by atoms with E-state index >= 15 is 0 Å². The lowest BCUT2D eigenvalue weighted by Crippen LogP contribution is -2.57. The van der Waals surface area contributed by atoms with E-state index in [2.05, 4.69) is 27.7 Å². The quantitative estimate of drug-likeness (QED) is 0.766. The molecule has 0 amide bonds. The summed E-state index contributed by atoms with van der Waals surface area (Å²) in [5, 5.41) is 10.7. The Balaban J connectivity index is 1.77. The number of aliphatic hydroxyl groups is 1. The van der Waals surface area contributed by atoms with Crippen LogP contribution in [0, 0.1) is 17.8 Å². The molecule has 22 heavy (non-hydrogen) atoms. The first-order valence-corrected chi connectivity index (χ1v) is 8.90. The van der Waals surface area contributed by atoms with Crippen LogP contribution in [0.1, 0.15) is 53.4 Å². The first-order valence-electron chi connectivity index (χ1n) is 8.90. The lowest BCUT2D eigenvalue weighted by atomic mass is 9.64. The van der Waals surface area contributed by atoms with Crippen molar-refractivity contribution in [3.63, 3.8) is 0 Å². The molecular weight excluding hydrogens is 280 g/mol. The Morgan fingerprint density at radius 1 is 1.36 bits per heavy atom. The molecule has 1 aliphatic carbocycles. The Morgan fingerprint density at radius 3 is 2.55 bits per heavy atom. The van der Waals surface area contributed by atoms with Gasteiger partial charge in [0, 0.05) is 7.11 Å². The molecule has 4 heteroatoms. The average molecular weight is 312 g/mol. The zero-order valence-corrected chi connectivity index (χ0v) is 14.7. The molecule has 2 heterocycles. The van der Waals surface area contributed by atoms with Crippen molar-refractivity contribution in [2.24, 2.45) is 17.8 Å². The zero-order chi connectivity index (χ0) is 16.1. The SMILES string of the molecule is CC[C@@H]1C[C@]2(CO2)[C@@H](C2(C)O[C@@H]2CCC(C)C)[C@H](OC)[C@@H]1O. The van der Waals surface area contributed by atoms with E-state index in [0.29, 0.717) is 5.92 Å². The lowest BCUT2D eigenvalue weighted by molar-refractivity contribution is -0.141. The smallest absolute Gasteiger partial charge is 0.100 e. The highest BCUT2D eigenvalue weighted by Gasteiger charge is 2.72. The van der Waals surface area contributed by atoms with Crippen LogP contribution in [0.15, 0.2) is 0 Å². The van der Waals surface area contributed by atoms with E-state index < -0.39 is 6.10 Å². The molecule has 1 spiro atoms. The topological polar surface area (TPSA) is 54.5 Å². The molecule has 7 atom stereocenters. The summed E-state index contributed by atoms with van der Waals surface area (Å²) in [5.74, 6) is 1.10. The number of ether oxygens (including phenoxy) is 3. The summed E-state index contributed by atoms with van der Waals surface area (Å²) < 4.78 is 17.8. The molecule has 4 nitrogen and oxygen atoms in total. The van der Waals surface area contributed by atoms with Crippen LogP contribution in [0.2, 0.25) is 0 Å². The van der Waals surface area contributed by atoms with E-state index in [0.717, 1.165) is 25.9 Å². The molecule has 0 aromatic heterocycles. The average Bonchev–Trinajstić information content (AvgIpc) is 3.37. The highest BCUT2D eigenvalue weighted by Crippen LogP contribution is 2.60. The van der Waals surface area contributed by atoms with Gasteiger partial charge in [0.1, 0.15) is 11.2 Å². The van der Waals surface area contributed by atoms with Crippen molar-refractivity contribution < 1.29 is 19.3 Å². The van der Waals surface area contributed by atoms with Crippen molar-refractivity contribution in [2.75, 3.05) is 13.7 Å². The molecule has 0 bridgehead atoms. The van der Waals surface area contributed by atoms with Crippen LogP contribution >= 0.6 is 0 Å². The number of hydrogen-bond donors (Lipinski definition) is 1. The third kappa shape index (κ3) is 2.62. The molecule has 128 valence electrons. The van der Waals surface area contributed by atoms with Gasteiger partial charge < -0.3 is 19.3 Å². The highest BCUT2D eigenvalue weighted by molar-refractivity contribution is 5.20. The Hall–Kier alpha value is -0.160. The summed E-state index contributed by atoms with van der Waals surface area (Å²) in [7, 11) is 1.71. The van der Waals surface area contributed by atoms with E-state index in [1.165, 1.54) is 6.42 Å². The minimum absolute atomic E-state index is 0.123. The number of methoxy groups -OCH3 is 1. The second kappa shape index (κ2) is 5.73. The largest absolute Gasteiger partial charge is 0.390 e. The molecule has 3 rings (SSSR count). The van der Waals surface area contributed by atoms with E-state index in [4.69, 9.17) is 14.2 Å². The van der Waals surface area contributed by atoms with Crippen molar-refractivity contribution in [2.45, 2.75) is 82.9 Å². The molecule has 1 unspecified atom stereocenters. The maximum Gasteiger partial charge on any atom is 0.100 e. The maximum absolute atomic E-state index is 10.7. The third-order valence-corrected chi connectivity index (χ3v) is 6.24. The normalized spacial score (nSPS) is 50.6. The Bertz CT molecular complexity index is 406. The fourth-order valence-electron chi connectivity index (χ4n) is 4.73. The van der Waals surface area contributed by atoms with E-state index in [1.54, 1.807) is 7.11 Å². The van der Waals surface area contributed by atoms with Crippen LogP contribution in [-0.4, -0.2) is 48.3 Å². The second-order valence-corrected chi connectivity index (χ2v) is 8.16. The second-order valence-electron chi connectivity index (χ2n) is 8.16. The Morgan fingerprint density at radius 2 is 2.05 bits per heavy atom. The van der Waals surface area contributed by atoms with Crippen molar-refractivity contribution >= 4 is 0 Å². The minimum atomic E-state index is -0.415. The van der Waals surface area contributed by atoms with Crippen LogP contribution in [0.3, 0.4) is 0 Å². The first-order chi connectivity index (χ1) is 10.4. The summed E-state index contributed by atoms with van der Waals surface area (Å²) in [6.07, 6.45) is 3.85. The van der Waals surface area contributed by atoms with Gasteiger partial charge in [-0.25, -0.2) is 0 Å². The molecule has 1 saturated carbocycles. The fourth-order valence-corrected chi connectivity index (χ4v) is 4.73. The molecule has 2 saturated heterocycles. The molecule has 1 N–H and O–H groups in total. The summed E-state index contributed by atoms with van der Waals surface area (Å²) in [4.78, 5) is 0. The van der Waals surface area contributed by atoms with Crippen molar-refractivity contribution in [1.82, 2.24) is 0 Å².